The van der Waals surface area contributed by atoms with Crippen molar-refractivity contribution in [2.24, 2.45) is 5.92 Å². The van der Waals surface area contributed by atoms with Gasteiger partial charge in [-0.3, -0.25) is 10.1 Å². The second-order valence-electron chi connectivity index (χ2n) is 7.39. The molecule has 0 aromatic heterocycles. The van der Waals surface area contributed by atoms with Crippen molar-refractivity contribution in [1.29, 1.82) is 0 Å². The number of sulfonamides is 1. The van der Waals surface area contributed by atoms with Gasteiger partial charge in [-0.05, 0) is 36.0 Å². The van der Waals surface area contributed by atoms with Gasteiger partial charge in [0.05, 0.1) is 4.92 Å². The van der Waals surface area contributed by atoms with Crippen LogP contribution in [0.5, 0.6) is 0 Å². The normalized spacial score (nSPS) is 18.1. The summed E-state index contributed by atoms with van der Waals surface area (Å²) in [6.07, 6.45) is 3.37. The van der Waals surface area contributed by atoms with Crippen LogP contribution in [0.4, 0.5) is 5.69 Å². The lowest BCUT2D eigenvalue weighted by molar-refractivity contribution is -0.387. The van der Waals surface area contributed by atoms with Gasteiger partial charge in [-0.15, -0.1) is 0 Å². The first-order valence-corrected chi connectivity index (χ1v) is 10.7. The van der Waals surface area contributed by atoms with E-state index in [1.165, 1.54) is 28.6 Å². The first-order valence-electron chi connectivity index (χ1n) is 9.30. The monoisotopic (exact) mass is 400 g/mol. The van der Waals surface area contributed by atoms with E-state index in [2.05, 4.69) is 6.08 Å². The summed E-state index contributed by atoms with van der Waals surface area (Å²) in [5, 5.41) is 11.4. The molecule has 0 radical (unpaired) electrons. The molecule has 28 heavy (non-hydrogen) atoms. The fourth-order valence-electron chi connectivity index (χ4n) is 3.61. The van der Waals surface area contributed by atoms with Gasteiger partial charge < -0.3 is 0 Å². The number of hydrogen-bond donors (Lipinski definition) is 0. The minimum absolute atomic E-state index is 0.204. The Bertz CT molecular complexity index is 984. The third-order valence-corrected chi connectivity index (χ3v) is 6.85. The van der Waals surface area contributed by atoms with Crippen LogP contribution in [0.3, 0.4) is 0 Å². The molecule has 2 aromatic rings. The molecule has 0 spiro atoms. The van der Waals surface area contributed by atoms with Crippen molar-refractivity contribution in [3.63, 3.8) is 0 Å². The highest BCUT2D eigenvalue weighted by Crippen LogP contribution is 2.34. The molecule has 1 aliphatic heterocycles. The fraction of sp³-hybridized carbons (Fsp3) is 0.333. The van der Waals surface area contributed by atoms with Crippen LogP contribution in [0, 0.1) is 16.0 Å². The van der Waals surface area contributed by atoms with Gasteiger partial charge in [0.2, 0.25) is 10.0 Å². The first-order chi connectivity index (χ1) is 13.3. The van der Waals surface area contributed by atoms with Crippen LogP contribution in [0.15, 0.2) is 65.6 Å². The van der Waals surface area contributed by atoms with Crippen molar-refractivity contribution in [3.8, 4) is 0 Å². The molecule has 1 atom stereocenters. The van der Waals surface area contributed by atoms with Gasteiger partial charge in [0.1, 0.15) is 0 Å². The number of para-hydroxylation sites is 1. The van der Waals surface area contributed by atoms with Gasteiger partial charge >= 0.3 is 0 Å². The molecule has 2 aromatic carbocycles. The molecule has 0 N–H and O–H groups in total. The number of benzene rings is 2. The maximum absolute atomic E-state index is 13.5. The Morgan fingerprint density at radius 1 is 1.11 bits per heavy atom. The Hall–Kier alpha value is -2.51. The molecule has 0 fully saturated rings. The summed E-state index contributed by atoms with van der Waals surface area (Å²) in [6.45, 7) is 4.30. The predicted molar refractivity (Wildman–Crippen MR) is 109 cm³/mol. The maximum Gasteiger partial charge on any atom is 0.289 e. The SMILES string of the molecule is CC(C)C[C@H]1CC=C(c2ccccc2)CN1S(=O)(=O)c1ccccc1[N+](=O)[O-]. The summed E-state index contributed by atoms with van der Waals surface area (Å²) < 4.78 is 28.4. The van der Waals surface area contributed by atoms with Crippen molar-refractivity contribution in [2.75, 3.05) is 6.54 Å². The Balaban J connectivity index is 2.05. The Morgan fingerprint density at radius 3 is 2.39 bits per heavy atom. The standard InChI is InChI=1S/C21H24N2O4S/c1-16(2)14-19-13-12-18(17-8-4-3-5-9-17)15-22(19)28(26,27)21-11-7-6-10-20(21)23(24)25/h3-12,16,19H,13-15H2,1-2H3/t19-/m1/s1. The third-order valence-electron chi connectivity index (χ3n) is 4.91. The lowest BCUT2D eigenvalue weighted by Gasteiger charge is -2.35. The molecule has 6 nitrogen and oxygen atoms in total. The van der Waals surface area contributed by atoms with Crippen LogP contribution in [0.1, 0.15) is 32.3 Å². The average Bonchev–Trinajstić information content (AvgIpc) is 2.68. The number of hydrogen-bond acceptors (Lipinski definition) is 4. The molecule has 0 bridgehead atoms. The fourth-order valence-corrected chi connectivity index (χ4v) is 5.39. The average molecular weight is 401 g/mol. The molecule has 0 amide bonds. The Kier molecular flexibility index (Phi) is 5.96. The van der Waals surface area contributed by atoms with E-state index in [4.69, 9.17) is 0 Å². The van der Waals surface area contributed by atoms with E-state index in [1.807, 2.05) is 44.2 Å². The van der Waals surface area contributed by atoms with Crippen LogP contribution < -0.4 is 0 Å². The van der Waals surface area contributed by atoms with E-state index in [9.17, 15) is 18.5 Å². The molecule has 0 unspecified atom stereocenters. The smallest absolute Gasteiger partial charge is 0.258 e. The van der Waals surface area contributed by atoms with Crippen molar-refractivity contribution >= 4 is 21.3 Å². The molecule has 3 rings (SSSR count). The van der Waals surface area contributed by atoms with Crippen LogP contribution in [-0.2, 0) is 10.0 Å². The summed E-state index contributed by atoms with van der Waals surface area (Å²) in [5.74, 6) is 0.306. The summed E-state index contributed by atoms with van der Waals surface area (Å²) >= 11 is 0. The van der Waals surface area contributed by atoms with Gasteiger partial charge in [-0.25, -0.2) is 8.42 Å². The number of rotatable bonds is 6. The largest absolute Gasteiger partial charge is 0.289 e. The van der Waals surface area contributed by atoms with E-state index in [0.29, 0.717) is 18.8 Å². The summed E-state index contributed by atoms with van der Waals surface area (Å²) in [6, 6.07) is 15.0. The number of nitro benzene ring substituents is 1. The molecule has 0 saturated carbocycles. The second-order valence-corrected chi connectivity index (χ2v) is 9.25. The van der Waals surface area contributed by atoms with Gasteiger partial charge in [-0.1, -0.05) is 62.4 Å². The van der Waals surface area contributed by atoms with Crippen molar-refractivity contribution in [1.82, 2.24) is 4.31 Å². The summed E-state index contributed by atoms with van der Waals surface area (Å²) in [4.78, 5) is 10.5. The molecule has 0 aliphatic carbocycles. The third kappa shape index (κ3) is 4.15. The quantitative estimate of drug-likeness (QED) is 0.529. The minimum Gasteiger partial charge on any atom is -0.258 e. The molecule has 0 saturated heterocycles. The van der Waals surface area contributed by atoms with E-state index in [-0.39, 0.29) is 23.2 Å². The molecule has 1 heterocycles. The highest BCUT2D eigenvalue weighted by Gasteiger charge is 2.38. The Morgan fingerprint density at radius 2 is 1.75 bits per heavy atom. The van der Waals surface area contributed by atoms with E-state index in [1.54, 1.807) is 0 Å². The first kappa shape index (κ1) is 20.2. The highest BCUT2D eigenvalue weighted by molar-refractivity contribution is 7.89. The number of nitrogens with zero attached hydrogens (tertiary/aromatic N) is 2. The van der Waals surface area contributed by atoms with E-state index < -0.39 is 14.9 Å². The molecule has 148 valence electrons. The lowest BCUT2D eigenvalue weighted by atomic mass is 9.94. The Labute approximate surface area is 165 Å². The van der Waals surface area contributed by atoms with Crippen LogP contribution in [-0.4, -0.2) is 30.2 Å². The molecule has 7 heteroatoms. The zero-order valence-corrected chi connectivity index (χ0v) is 16.8. The van der Waals surface area contributed by atoms with E-state index in [0.717, 1.165) is 11.1 Å². The molecular formula is C21H24N2O4S. The highest BCUT2D eigenvalue weighted by atomic mass is 32.2. The van der Waals surface area contributed by atoms with Crippen LogP contribution in [0.25, 0.3) is 5.57 Å². The summed E-state index contributed by atoms with van der Waals surface area (Å²) in [5.41, 5.74) is 1.50. The zero-order valence-electron chi connectivity index (χ0n) is 16.0. The van der Waals surface area contributed by atoms with Gasteiger partial charge in [0, 0.05) is 18.7 Å². The minimum atomic E-state index is -4.02. The van der Waals surface area contributed by atoms with Crippen molar-refractivity contribution in [3.05, 3.63) is 76.4 Å². The maximum atomic E-state index is 13.5. The van der Waals surface area contributed by atoms with Gasteiger partial charge in [0.15, 0.2) is 4.90 Å². The van der Waals surface area contributed by atoms with Crippen molar-refractivity contribution in [2.45, 2.75) is 37.6 Å². The second kappa shape index (κ2) is 8.24. The van der Waals surface area contributed by atoms with Gasteiger partial charge in [0.25, 0.3) is 5.69 Å². The number of nitro groups is 1. The van der Waals surface area contributed by atoms with Crippen LogP contribution >= 0.6 is 0 Å². The molecule has 1 aliphatic rings. The lowest BCUT2D eigenvalue weighted by Crippen LogP contribution is -2.44. The zero-order chi connectivity index (χ0) is 20.3. The van der Waals surface area contributed by atoms with Gasteiger partial charge in [-0.2, -0.15) is 4.31 Å². The van der Waals surface area contributed by atoms with Crippen LogP contribution in [0.2, 0.25) is 0 Å². The van der Waals surface area contributed by atoms with E-state index >= 15 is 0 Å². The topological polar surface area (TPSA) is 80.5 Å². The summed E-state index contributed by atoms with van der Waals surface area (Å²) in [7, 11) is -4.02. The van der Waals surface area contributed by atoms with Crippen molar-refractivity contribution < 1.29 is 13.3 Å². The molecular weight excluding hydrogens is 376 g/mol. The predicted octanol–water partition coefficient (Wildman–Crippen LogP) is 4.49.